The van der Waals surface area contributed by atoms with E-state index in [2.05, 4.69) is 42.7 Å². The number of halogens is 2. The zero-order chi connectivity index (χ0) is 28.5. The van der Waals surface area contributed by atoms with E-state index in [9.17, 15) is 14.3 Å². The second kappa shape index (κ2) is 11.0. The van der Waals surface area contributed by atoms with Crippen molar-refractivity contribution in [1.29, 1.82) is 0 Å². The van der Waals surface area contributed by atoms with Gasteiger partial charge in [-0.05, 0) is 47.2 Å². The highest BCUT2D eigenvalue weighted by atomic mass is 35.5. The largest absolute Gasteiger partial charge is 0.507 e. The molecule has 0 saturated carbocycles. The van der Waals surface area contributed by atoms with Crippen LogP contribution in [0, 0.1) is 29.2 Å². The highest BCUT2D eigenvalue weighted by Crippen LogP contribution is 2.44. The van der Waals surface area contributed by atoms with Crippen molar-refractivity contribution in [1.82, 2.24) is 9.88 Å². The van der Waals surface area contributed by atoms with Crippen molar-refractivity contribution in [3.8, 4) is 46.0 Å². The molecule has 4 rings (SSSR count). The fourth-order valence-corrected chi connectivity index (χ4v) is 4.92. The molecule has 0 spiro atoms. The number of rotatable bonds is 6. The first-order valence-corrected chi connectivity index (χ1v) is 12.9. The van der Waals surface area contributed by atoms with E-state index in [0.717, 1.165) is 23.7 Å². The Bertz CT molecular complexity index is 1460. The van der Waals surface area contributed by atoms with Gasteiger partial charge in [0.25, 0.3) is 0 Å². The zero-order valence-corrected chi connectivity index (χ0v) is 23.7. The van der Waals surface area contributed by atoms with Crippen LogP contribution < -0.4 is 14.5 Å². The summed E-state index contributed by atoms with van der Waals surface area (Å²) in [5.41, 5.74) is 2.84. The molecular weight excluding hydrogens is 519 g/mol. The van der Waals surface area contributed by atoms with Gasteiger partial charge in [-0.2, -0.15) is 0 Å². The first kappa shape index (κ1) is 28.1. The highest BCUT2D eigenvalue weighted by Gasteiger charge is 2.37. The summed E-state index contributed by atoms with van der Waals surface area (Å²) < 4.78 is 20.5. The number of benzene rings is 2. The molecule has 1 atom stereocenters. The predicted molar refractivity (Wildman–Crippen MR) is 153 cm³/mol. The molecule has 1 saturated heterocycles. The van der Waals surface area contributed by atoms with Gasteiger partial charge in [0.05, 0.1) is 17.8 Å². The molecule has 0 radical (unpaired) electrons. The van der Waals surface area contributed by atoms with E-state index in [1.54, 1.807) is 50.5 Å². The molecule has 9 heteroatoms. The van der Waals surface area contributed by atoms with Gasteiger partial charge in [0.15, 0.2) is 0 Å². The Morgan fingerprint density at radius 1 is 1.18 bits per heavy atom. The Morgan fingerprint density at radius 3 is 2.44 bits per heavy atom. The number of hydrogen-bond acceptors (Lipinski definition) is 6. The van der Waals surface area contributed by atoms with Gasteiger partial charge in [-0.1, -0.05) is 38.4 Å². The minimum atomic E-state index is -0.530. The van der Waals surface area contributed by atoms with Crippen LogP contribution in [-0.2, 0) is 4.79 Å². The van der Waals surface area contributed by atoms with Crippen LogP contribution in [-0.4, -0.2) is 55.7 Å². The lowest BCUT2D eigenvalue weighted by atomic mass is 9.84. The lowest BCUT2D eigenvalue weighted by Crippen LogP contribution is -2.23. The second-order valence-electron chi connectivity index (χ2n) is 10.6. The Kier molecular flexibility index (Phi) is 7.94. The quantitative estimate of drug-likeness (QED) is 0.236. The summed E-state index contributed by atoms with van der Waals surface area (Å²) in [4.78, 5) is 21.0. The molecular formula is C30H32ClFN4O3. The Morgan fingerprint density at radius 2 is 1.87 bits per heavy atom. The van der Waals surface area contributed by atoms with Crippen LogP contribution in [0.3, 0.4) is 0 Å². The maximum absolute atomic E-state index is 14.9. The van der Waals surface area contributed by atoms with E-state index in [1.165, 1.54) is 12.1 Å². The van der Waals surface area contributed by atoms with Crippen molar-refractivity contribution in [3.63, 3.8) is 0 Å². The molecule has 1 aliphatic heterocycles. The van der Waals surface area contributed by atoms with Crippen molar-refractivity contribution >= 4 is 29.4 Å². The number of anilines is 2. The van der Waals surface area contributed by atoms with Crippen LogP contribution >= 0.6 is 11.6 Å². The third-order valence-corrected chi connectivity index (χ3v) is 7.50. The van der Waals surface area contributed by atoms with Crippen LogP contribution in [0.5, 0.6) is 11.6 Å². The lowest BCUT2D eigenvalue weighted by molar-refractivity contribution is -0.106. The van der Waals surface area contributed by atoms with E-state index < -0.39 is 5.82 Å². The van der Waals surface area contributed by atoms with Crippen LogP contribution in [0.1, 0.15) is 20.8 Å². The van der Waals surface area contributed by atoms with Crippen molar-refractivity contribution in [2.75, 3.05) is 44.1 Å². The number of phenols is 1. The van der Waals surface area contributed by atoms with Gasteiger partial charge in [-0.25, -0.2) is 14.3 Å². The van der Waals surface area contributed by atoms with E-state index in [1.807, 2.05) is 6.07 Å². The average Bonchev–Trinajstić information content (AvgIpc) is 3.17. The summed E-state index contributed by atoms with van der Waals surface area (Å²) >= 11 is 6.49. The number of aromatic nitrogens is 1. The fraction of sp³-hybridized carbons (Fsp3) is 0.333. The van der Waals surface area contributed by atoms with Crippen molar-refractivity contribution in [3.05, 3.63) is 53.4 Å². The standard InChI is InChI=1S/C30H32ClFN4O3/c1-19-16-36(17-30(19,2)3)27-12-21(15-33-29(27)39-6)24-14-22(32)13-23(28(24)38)20-7-8-26(25(31)11-20)35(18-37)10-9-34(4)5/h7-8,11-15,18-19,38H,16-17H2,1-6H3. The summed E-state index contributed by atoms with van der Waals surface area (Å²) in [6.45, 7) is 8.32. The van der Waals surface area contributed by atoms with Crippen LogP contribution in [0.4, 0.5) is 15.8 Å². The van der Waals surface area contributed by atoms with Gasteiger partial charge >= 0.3 is 0 Å². The summed E-state index contributed by atoms with van der Waals surface area (Å²) in [5, 5.41) is 11.5. The molecule has 1 aliphatic rings. The molecule has 1 fully saturated rings. The number of amides is 1. The second-order valence-corrected chi connectivity index (χ2v) is 11.0. The number of carbonyl (C=O) groups is 1. The third kappa shape index (κ3) is 5.74. The topological polar surface area (TPSA) is 69.1 Å². The van der Waals surface area contributed by atoms with E-state index in [4.69, 9.17) is 16.3 Å². The molecule has 0 bridgehead atoms. The maximum Gasteiger partial charge on any atom is 0.237 e. The number of pyridine rings is 1. The summed E-state index contributed by atoms with van der Waals surface area (Å²) in [6.07, 6.45) is 2.12. The highest BCUT2D eigenvalue weighted by molar-refractivity contribution is 6.34. The number of ether oxygens (including phenoxy) is 1. The molecule has 204 valence electrons. The molecule has 3 aromatic rings. The van der Waals surface area contributed by atoms with Gasteiger partial charge in [0.1, 0.15) is 17.3 Å². The molecule has 2 aromatic carbocycles. The fourth-order valence-electron chi connectivity index (χ4n) is 4.65. The molecule has 0 aliphatic carbocycles. The Balaban J connectivity index is 1.76. The lowest BCUT2D eigenvalue weighted by Gasteiger charge is -2.24. The number of hydrogen-bond donors (Lipinski definition) is 1. The smallest absolute Gasteiger partial charge is 0.237 e. The monoisotopic (exact) mass is 550 g/mol. The number of carbonyl (C=O) groups excluding carboxylic acids is 1. The molecule has 1 amide bonds. The van der Waals surface area contributed by atoms with Crippen molar-refractivity contribution < 1.29 is 19.0 Å². The molecule has 2 heterocycles. The van der Waals surface area contributed by atoms with Gasteiger partial charge < -0.3 is 19.6 Å². The zero-order valence-electron chi connectivity index (χ0n) is 22.9. The summed E-state index contributed by atoms with van der Waals surface area (Å²) in [5.74, 6) is 0.279. The number of nitrogens with zero attached hydrogens (tertiary/aromatic N) is 4. The molecule has 1 N–H and O–H groups in total. The SMILES string of the molecule is COc1ncc(-c2cc(F)cc(-c3ccc(N(C#CN(C)C)C=O)c(Cl)c3)c2O)cc1N1CC(C)C(C)(C)C1. The molecule has 1 aromatic heterocycles. The maximum atomic E-state index is 14.9. The van der Waals surface area contributed by atoms with Gasteiger partial charge in [0.2, 0.25) is 12.3 Å². The summed E-state index contributed by atoms with van der Waals surface area (Å²) in [6, 6.07) is 14.7. The first-order chi connectivity index (χ1) is 18.4. The average molecular weight is 551 g/mol. The van der Waals surface area contributed by atoms with Crippen LogP contribution in [0.2, 0.25) is 5.02 Å². The Labute approximate surface area is 233 Å². The number of phenolic OH excluding ortho intramolecular Hbond substituents is 1. The van der Waals surface area contributed by atoms with Crippen molar-refractivity contribution in [2.24, 2.45) is 11.3 Å². The molecule has 39 heavy (non-hydrogen) atoms. The first-order valence-electron chi connectivity index (χ1n) is 12.5. The van der Waals surface area contributed by atoms with E-state index >= 15 is 0 Å². The van der Waals surface area contributed by atoms with Crippen LogP contribution in [0.15, 0.2) is 42.6 Å². The normalized spacial score (nSPS) is 15.9. The van der Waals surface area contributed by atoms with E-state index in [0.29, 0.717) is 40.6 Å². The molecule has 1 unspecified atom stereocenters. The van der Waals surface area contributed by atoms with Gasteiger partial charge in [0, 0.05) is 62.2 Å². The molecule has 7 nitrogen and oxygen atoms in total. The third-order valence-electron chi connectivity index (χ3n) is 7.20. The minimum absolute atomic E-state index is 0.109. The van der Waals surface area contributed by atoms with Crippen LogP contribution in [0.25, 0.3) is 22.3 Å². The van der Waals surface area contributed by atoms with Gasteiger partial charge in [-0.15, -0.1) is 0 Å². The Hall–Kier alpha value is -3.96. The van der Waals surface area contributed by atoms with E-state index in [-0.39, 0.29) is 21.8 Å². The minimum Gasteiger partial charge on any atom is -0.507 e. The summed E-state index contributed by atoms with van der Waals surface area (Å²) in [7, 11) is 5.07. The number of aromatic hydroxyl groups is 1. The van der Waals surface area contributed by atoms with Crippen molar-refractivity contribution in [2.45, 2.75) is 20.8 Å². The number of methoxy groups -OCH3 is 1. The predicted octanol–water partition coefficient (Wildman–Crippen LogP) is 5.85. The van der Waals surface area contributed by atoms with Gasteiger partial charge in [-0.3, -0.25) is 4.79 Å².